The molecule has 0 spiro atoms. The van der Waals surface area contributed by atoms with Crippen LogP contribution in [0.2, 0.25) is 39.3 Å². The predicted molar refractivity (Wildman–Crippen MR) is 72.4 cm³/mol. The van der Waals surface area contributed by atoms with E-state index >= 15 is 0 Å². The molecule has 0 amide bonds. The minimum Gasteiger partial charge on any atom is -0.533 e. The van der Waals surface area contributed by atoms with Crippen molar-refractivity contribution in [2.75, 3.05) is 0 Å². The maximum Gasteiger partial charge on any atom is 0.244 e. The normalized spacial score (nSPS) is 21.4. The Morgan fingerprint density at radius 1 is 1.12 bits per heavy atom. The maximum atomic E-state index is 5.86. The molecule has 0 bridgehead atoms. The zero-order valence-electron chi connectivity index (χ0n) is 11.0. The van der Waals surface area contributed by atoms with E-state index in [0.717, 1.165) is 5.88 Å². The lowest BCUT2D eigenvalue weighted by molar-refractivity contribution is 0.155. The number of hydrogen-bond acceptors (Lipinski definition) is 4. The smallest absolute Gasteiger partial charge is 0.244 e. The van der Waals surface area contributed by atoms with Crippen LogP contribution in [0.15, 0.2) is 17.0 Å². The molecule has 92 valence electrons. The van der Waals surface area contributed by atoms with E-state index in [1.165, 1.54) is 0 Å². The highest BCUT2D eigenvalue weighted by molar-refractivity contribution is 6.70. The van der Waals surface area contributed by atoms with Crippen LogP contribution < -0.4 is 5.32 Å². The largest absolute Gasteiger partial charge is 0.533 e. The van der Waals surface area contributed by atoms with E-state index in [1.54, 1.807) is 6.21 Å². The van der Waals surface area contributed by atoms with Crippen LogP contribution in [-0.2, 0) is 8.85 Å². The third-order valence-corrected chi connectivity index (χ3v) is 3.36. The quantitative estimate of drug-likeness (QED) is 0.788. The zero-order chi connectivity index (χ0) is 12.4. The van der Waals surface area contributed by atoms with Crippen LogP contribution in [-0.4, -0.2) is 29.2 Å². The molecule has 1 atom stereocenters. The van der Waals surface area contributed by atoms with Gasteiger partial charge in [-0.1, -0.05) is 0 Å². The Morgan fingerprint density at radius 3 is 2.25 bits per heavy atom. The molecule has 0 saturated carbocycles. The SMILES string of the molecule is C[Si](C)(C)OC1=CC=NC(O[Si](C)(C)C)N1. The molecule has 1 N–H and O–H groups in total. The molecule has 1 aliphatic heterocycles. The van der Waals surface area contributed by atoms with Crippen LogP contribution in [0.25, 0.3) is 0 Å². The van der Waals surface area contributed by atoms with Gasteiger partial charge in [0, 0.05) is 12.3 Å². The minimum absolute atomic E-state index is 0.289. The molecule has 4 nitrogen and oxygen atoms in total. The molecule has 0 aromatic heterocycles. The second kappa shape index (κ2) is 4.72. The number of rotatable bonds is 4. The lowest BCUT2D eigenvalue weighted by Gasteiger charge is -2.30. The number of nitrogens with one attached hydrogen (secondary N) is 1. The first kappa shape index (κ1) is 13.5. The van der Waals surface area contributed by atoms with Gasteiger partial charge in [-0.25, -0.2) is 4.99 Å². The van der Waals surface area contributed by atoms with Gasteiger partial charge in [-0.3, -0.25) is 0 Å². The number of hydrogen-bond donors (Lipinski definition) is 1. The molecule has 16 heavy (non-hydrogen) atoms. The summed E-state index contributed by atoms with van der Waals surface area (Å²) in [6.07, 6.45) is 3.31. The van der Waals surface area contributed by atoms with Crippen molar-refractivity contribution in [3.8, 4) is 0 Å². The molecule has 0 saturated heterocycles. The van der Waals surface area contributed by atoms with Gasteiger partial charge in [0.15, 0.2) is 14.2 Å². The van der Waals surface area contributed by atoms with Crippen molar-refractivity contribution >= 4 is 22.8 Å². The summed E-state index contributed by atoms with van der Waals surface area (Å²) in [6.45, 7) is 12.9. The van der Waals surface area contributed by atoms with Gasteiger partial charge in [0.05, 0.1) is 0 Å². The van der Waals surface area contributed by atoms with Crippen molar-refractivity contribution in [1.29, 1.82) is 0 Å². The number of aliphatic imine (C=N–C) groups is 1. The third-order valence-electron chi connectivity index (χ3n) is 1.59. The molecule has 6 heteroatoms. The average Bonchev–Trinajstić information content (AvgIpc) is 1.96. The molecule has 1 rings (SSSR count). The highest BCUT2D eigenvalue weighted by atomic mass is 28.4. The summed E-state index contributed by atoms with van der Waals surface area (Å²) in [5, 5.41) is 3.15. The molecule has 0 aliphatic carbocycles. The van der Waals surface area contributed by atoms with Gasteiger partial charge in [0.25, 0.3) is 0 Å². The fourth-order valence-corrected chi connectivity index (χ4v) is 2.76. The Morgan fingerprint density at radius 2 is 1.75 bits per heavy atom. The maximum absolute atomic E-state index is 5.86. The fraction of sp³-hybridized carbons (Fsp3) is 0.700. The molecule has 0 aromatic rings. The van der Waals surface area contributed by atoms with E-state index in [4.69, 9.17) is 8.85 Å². The molecule has 1 aliphatic rings. The van der Waals surface area contributed by atoms with E-state index in [2.05, 4.69) is 49.6 Å². The van der Waals surface area contributed by atoms with E-state index in [1.807, 2.05) is 6.08 Å². The Kier molecular flexibility index (Phi) is 3.98. The second-order valence-electron chi connectivity index (χ2n) is 5.77. The van der Waals surface area contributed by atoms with Crippen molar-refractivity contribution in [2.24, 2.45) is 4.99 Å². The van der Waals surface area contributed by atoms with Gasteiger partial charge in [0.1, 0.15) is 0 Å². The second-order valence-corrected chi connectivity index (χ2v) is 14.7. The fourth-order valence-electron chi connectivity index (χ4n) is 1.18. The molecular formula is C10H22N2O2Si2. The van der Waals surface area contributed by atoms with Crippen LogP contribution in [0.3, 0.4) is 0 Å². The van der Waals surface area contributed by atoms with Crippen molar-refractivity contribution in [2.45, 2.75) is 45.6 Å². The van der Waals surface area contributed by atoms with Crippen LogP contribution in [0, 0.1) is 0 Å². The number of allylic oxidation sites excluding steroid dienone is 1. The van der Waals surface area contributed by atoms with Gasteiger partial charge in [0.2, 0.25) is 14.7 Å². The Labute approximate surface area is 100 Å². The highest BCUT2D eigenvalue weighted by Gasteiger charge is 2.24. The Bertz CT molecular complexity index is 303. The van der Waals surface area contributed by atoms with Crippen molar-refractivity contribution in [1.82, 2.24) is 5.32 Å². The summed E-state index contributed by atoms with van der Waals surface area (Å²) in [5.41, 5.74) is 0. The van der Waals surface area contributed by atoms with Gasteiger partial charge in [-0.05, 0) is 39.3 Å². The summed E-state index contributed by atoms with van der Waals surface area (Å²) in [5.74, 6) is 0.775. The first-order valence-electron chi connectivity index (χ1n) is 5.53. The minimum atomic E-state index is -1.58. The molecule has 0 aromatic carbocycles. The van der Waals surface area contributed by atoms with Crippen molar-refractivity contribution in [3.63, 3.8) is 0 Å². The first-order chi connectivity index (χ1) is 7.16. The Balaban J connectivity index is 2.54. The molecular weight excluding hydrogens is 236 g/mol. The molecule has 1 unspecified atom stereocenters. The summed E-state index contributed by atoms with van der Waals surface area (Å²) in [7, 11) is -3.15. The van der Waals surface area contributed by atoms with E-state index in [9.17, 15) is 0 Å². The van der Waals surface area contributed by atoms with Crippen LogP contribution in [0.1, 0.15) is 0 Å². The number of nitrogens with zero attached hydrogens (tertiary/aromatic N) is 1. The van der Waals surface area contributed by atoms with Crippen molar-refractivity contribution < 1.29 is 8.85 Å². The molecule has 1 heterocycles. The Hall–Kier alpha value is -0.596. The van der Waals surface area contributed by atoms with Crippen LogP contribution in [0.4, 0.5) is 0 Å². The van der Waals surface area contributed by atoms with Crippen LogP contribution in [0.5, 0.6) is 0 Å². The highest BCUT2D eigenvalue weighted by Crippen LogP contribution is 2.13. The average molecular weight is 258 g/mol. The predicted octanol–water partition coefficient (Wildman–Crippen LogP) is 2.49. The lowest BCUT2D eigenvalue weighted by Crippen LogP contribution is -2.42. The monoisotopic (exact) mass is 258 g/mol. The third kappa shape index (κ3) is 5.48. The van der Waals surface area contributed by atoms with Crippen molar-refractivity contribution in [3.05, 3.63) is 12.0 Å². The lowest BCUT2D eigenvalue weighted by atomic mass is 10.5. The summed E-state index contributed by atoms with van der Waals surface area (Å²) in [6, 6.07) is 0. The van der Waals surface area contributed by atoms with Gasteiger partial charge < -0.3 is 14.2 Å². The first-order valence-corrected chi connectivity index (χ1v) is 12.3. The van der Waals surface area contributed by atoms with Gasteiger partial charge >= 0.3 is 0 Å². The van der Waals surface area contributed by atoms with Crippen LogP contribution >= 0.6 is 0 Å². The van der Waals surface area contributed by atoms with Gasteiger partial charge in [-0.15, -0.1) is 0 Å². The van der Waals surface area contributed by atoms with E-state index in [0.29, 0.717) is 0 Å². The molecule has 0 fully saturated rings. The molecule has 0 radical (unpaired) electrons. The van der Waals surface area contributed by atoms with E-state index < -0.39 is 16.6 Å². The standard InChI is InChI=1S/C10H22N2O2Si2/c1-15(2,3)13-9-7-8-11-10(12-9)14-16(4,5)6/h7-8,10,12H,1-6H3. The van der Waals surface area contributed by atoms with Gasteiger partial charge in [-0.2, -0.15) is 0 Å². The van der Waals surface area contributed by atoms with E-state index in [-0.39, 0.29) is 6.35 Å². The topological polar surface area (TPSA) is 42.9 Å². The zero-order valence-corrected chi connectivity index (χ0v) is 13.0. The summed E-state index contributed by atoms with van der Waals surface area (Å²) >= 11 is 0. The summed E-state index contributed by atoms with van der Waals surface area (Å²) in [4.78, 5) is 4.23. The summed E-state index contributed by atoms with van der Waals surface area (Å²) < 4.78 is 11.7.